The SMILES string of the molecule is Fc1cc(Cl)ccc1CNCCCCC(F)(F)F. The van der Waals surface area contributed by atoms with E-state index in [1.54, 1.807) is 12.1 Å². The van der Waals surface area contributed by atoms with Crippen molar-refractivity contribution in [1.82, 2.24) is 5.32 Å². The Morgan fingerprint density at radius 2 is 1.89 bits per heavy atom. The Hall–Kier alpha value is -0.810. The molecule has 0 radical (unpaired) electrons. The summed E-state index contributed by atoms with van der Waals surface area (Å²) in [5.74, 6) is -0.412. The van der Waals surface area contributed by atoms with E-state index in [1.165, 1.54) is 6.07 Å². The van der Waals surface area contributed by atoms with E-state index in [2.05, 4.69) is 5.32 Å². The Balaban J connectivity index is 2.18. The minimum Gasteiger partial charge on any atom is -0.313 e. The smallest absolute Gasteiger partial charge is 0.313 e. The van der Waals surface area contributed by atoms with E-state index in [4.69, 9.17) is 11.6 Å². The van der Waals surface area contributed by atoms with Gasteiger partial charge in [-0.1, -0.05) is 17.7 Å². The third-order valence-corrected chi connectivity index (χ3v) is 2.63. The highest BCUT2D eigenvalue weighted by atomic mass is 35.5. The number of unbranched alkanes of at least 4 members (excludes halogenated alkanes) is 1. The van der Waals surface area contributed by atoms with Crippen molar-refractivity contribution in [2.24, 2.45) is 0 Å². The van der Waals surface area contributed by atoms with Crippen LogP contribution in [0.25, 0.3) is 0 Å². The van der Waals surface area contributed by atoms with Crippen molar-refractivity contribution in [2.45, 2.75) is 32.0 Å². The average Bonchev–Trinajstić information content (AvgIpc) is 2.24. The summed E-state index contributed by atoms with van der Waals surface area (Å²) < 4.78 is 48.8. The van der Waals surface area contributed by atoms with Crippen molar-refractivity contribution in [2.75, 3.05) is 6.54 Å². The molecule has 6 heteroatoms. The van der Waals surface area contributed by atoms with Crippen LogP contribution in [0.4, 0.5) is 17.6 Å². The Morgan fingerprint density at radius 1 is 1.17 bits per heavy atom. The average molecular weight is 284 g/mol. The highest BCUT2D eigenvalue weighted by molar-refractivity contribution is 6.30. The molecule has 1 aromatic rings. The van der Waals surface area contributed by atoms with E-state index in [-0.39, 0.29) is 13.0 Å². The molecule has 0 unspecified atom stereocenters. The van der Waals surface area contributed by atoms with Gasteiger partial charge in [0, 0.05) is 23.6 Å². The van der Waals surface area contributed by atoms with Gasteiger partial charge >= 0.3 is 6.18 Å². The fourth-order valence-electron chi connectivity index (χ4n) is 1.46. The van der Waals surface area contributed by atoms with Crippen LogP contribution in [0.2, 0.25) is 5.02 Å². The number of hydrogen-bond donors (Lipinski definition) is 1. The van der Waals surface area contributed by atoms with Crippen LogP contribution in [0.1, 0.15) is 24.8 Å². The van der Waals surface area contributed by atoms with Gasteiger partial charge in [0.2, 0.25) is 0 Å². The zero-order valence-corrected chi connectivity index (χ0v) is 10.4. The van der Waals surface area contributed by atoms with Crippen LogP contribution in [0.3, 0.4) is 0 Å². The maximum absolute atomic E-state index is 13.3. The first-order valence-corrected chi connectivity index (χ1v) is 5.98. The highest BCUT2D eigenvalue weighted by Gasteiger charge is 2.25. The van der Waals surface area contributed by atoms with E-state index in [0.29, 0.717) is 23.6 Å². The molecule has 102 valence electrons. The molecule has 0 fully saturated rings. The van der Waals surface area contributed by atoms with Crippen LogP contribution in [0.5, 0.6) is 0 Å². The van der Waals surface area contributed by atoms with Gasteiger partial charge in [0.1, 0.15) is 5.82 Å². The number of hydrogen-bond acceptors (Lipinski definition) is 1. The lowest BCUT2D eigenvalue weighted by atomic mass is 10.2. The van der Waals surface area contributed by atoms with Gasteiger partial charge in [0.25, 0.3) is 0 Å². The van der Waals surface area contributed by atoms with Gasteiger partial charge in [0.15, 0.2) is 0 Å². The number of nitrogens with one attached hydrogen (secondary N) is 1. The van der Waals surface area contributed by atoms with Crippen molar-refractivity contribution in [1.29, 1.82) is 0 Å². The maximum Gasteiger partial charge on any atom is 0.389 e. The standard InChI is InChI=1S/C12H14ClF4N/c13-10-4-3-9(11(14)7-10)8-18-6-2-1-5-12(15,16)17/h3-4,7,18H,1-2,5-6,8H2. The van der Waals surface area contributed by atoms with Gasteiger partial charge in [-0.2, -0.15) is 13.2 Å². The van der Waals surface area contributed by atoms with Crippen molar-refractivity contribution < 1.29 is 17.6 Å². The highest BCUT2D eigenvalue weighted by Crippen LogP contribution is 2.21. The summed E-state index contributed by atoms with van der Waals surface area (Å²) in [7, 11) is 0. The molecule has 1 nitrogen and oxygen atoms in total. The van der Waals surface area contributed by atoms with Gasteiger partial charge < -0.3 is 5.32 Å². The van der Waals surface area contributed by atoms with Gasteiger partial charge in [-0.15, -0.1) is 0 Å². The number of rotatable bonds is 6. The molecule has 0 spiro atoms. The summed E-state index contributed by atoms with van der Waals surface area (Å²) in [6.45, 7) is 0.715. The Bertz CT molecular complexity index is 379. The van der Waals surface area contributed by atoms with Crippen LogP contribution in [-0.2, 0) is 6.54 Å². The van der Waals surface area contributed by atoms with Crippen LogP contribution in [0, 0.1) is 5.82 Å². The second-order valence-electron chi connectivity index (χ2n) is 3.98. The first kappa shape index (κ1) is 15.2. The van der Waals surface area contributed by atoms with Crippen LogP contribution in [0.15, 0.2) is 18.2 Å². The number of halogens is 5. The van der Waals surface area contributed by atoms with Gasteiger partial charge in [0.05, 0.1) is 0 Å². The Kier molecular flexibility index (Phi) is 5.88. The lowest BCUT2D eigenvalue weighted by Crippen LogP contribution is -2.16. The molecule has 0 aliphatic heterocycles. The van der Waals surface area contributed by atoms with E-state index in [1.807, 2.05) is 0 Å². The lowest BCUT2D eigenvalue weighted by molar-refractivity contribution is -0.135. The second kappa shape index (κ2) is 6.95. The molecule has 0 atom stereocenters. The molecule has 0 amide bonds. The topological polar surface area (TPSA) is 12.0 Å². The predicted molar refractivity (Wildman–Crippen MR) is 63.0 cm³/mol. The molecule has 0 aromatic heterocycles. The predicted octanol–water partition coefficient (Wildman–Crippen LogP) is 4.30. The third-order valence-electron chi connectivity index (χ3n) is 2.39. The fraction of sp³-hybridized carbons (Fsp3) is 0.500. The molecule has 0 saturated heterocycles. The van der Waals surface area contributed by atoms with Crippen molar-refractivity contribution in [3.05, 3.63) is 34.6 Å². The molecule has 1 rings (SSSR count). The lowest BCUT2D eigenvalue weighted by Gasteiger charge is -2.07. The minimum absolute atomic E-state index is 0.0829. The molecular weight excluding hydrogens is 270 g/mol. The summed E-state index contributed by atoms with van der Waals surface area (Å²) in [5, 5.41) is 3.22. The van der Waals surface area contributed by atoms with Crippen LogP contribution >= 0.6 is 11.6 Å². The second-order valence-corrected chi connectivity index (χ2v) is 4.42. The van der Waals surface area contributed by atoms with Crippen molar-refractivity contribution in [3.63, 3.8) is 0 Å². The molecule has 0 saturated carbocycles. The van der Waals surface area contributed by atoms with E-state index in [0.717, 1.165) is 0 Å². The van der Waals surface area contributed by atoms with E-state index >= 15 is 0 Å². The monoisotopic (exact) mass is 283 g/mol. The molecule has 0 aliphatic carbocycles. The number of alkyl halides is 3. The van der Waals surface area contributed by atoms with Crippen molar-refractivity contribution >= 4 is 11.6 Å². The fourth-order valence-corrected chi connectivity index (χ4v) is 1.62. The summed E-state index contributed by atoms with van der Waals surface area (Å²) in [4.78, 5) is 0. The number of benzene rings is 1. The Labute approximate surface area is 108 Å². The molecule has 0 heterocycles. The zero-order valence-electron chi connectivity index (χ0n) is 9.66. The Morgan fingerprint density at radius 3 is 2.50 bits per heavy atom. The van der Waals surface area contributed by atoms with Crippen molar-refractivity contribution in [3.8, 4) is 0 Å². The molecule has 1 N–H and O–H groups in total. The molecular formula is C12H14ClF4N. The quantitative estimate of drug-likeness (QED) is 0.606. The molecule has 0 bridgehead atoms. The van der Waals surface area contributed by atoms with Crippen LogP contribution in [-0.4, -0.2) is 12.7 Å². The minimum atomic E-state index is -4.09. The van der Waals surface area contributed by atoms with Gasteiger partial charge in [-0.25, -0.2) is 4.39 Å². The third kappa shape index (κ3) is 6.21. The van der Waals surface area contributed by atoms with E-state index in [9.17, 15) is 17.6 Å². The maximum atomic E-state index is 13.3. The summed E-state index contributed by atoms with van der Waals surface area (Å²) in [6.07, 6.45) is -4.37. The summed E-state index contributed by atoms with van der Waals surface area (Å²) in [6, 6.07) is 4.34. The first-order chi connectivity index (χ1) is 8.38. The summed E-state index contributed by atoms with van der Waals surface area (Å²) in [5.41, 5.74) is 0.454. The summed E-state index contributed by atoms with van der Waals surface area (Å²) >= 11 is 5.60. The van der Waals surface area contributed by atoms with Gasteiger partial charge in [-0.05, 0) is 31.5 Å². The molecule has 0 aliphatic rings. The van der Waals surface area contributed by atoms with Gasteiger partial charge in [-0.3, -0.25) is 0 Å². The normalized spacial score (nSPS) is 11.8. The largest absolute Gasteiger partial charge is 0.389 e. The zero-order chi connectivity index (χ0) is 13.6. The first-order valence-electron chi connectivity index (χ1n) is 5.60. The molecule has 18 heavy (non-hydrogen) atoms. The van der Waals surface area contributed by atoms with Crippen LogP contribution < -0.4 is 5.32 Å². The van der Waals surface area contributed by atoms with E-state index < -0.39 is 18.4 Å². The molecule has 1 aromatic carbocycles.